The minimum absolute atomic E-state index is 0.174. The summed E-state index contributed by atoms with van der Waals surface area (Å²) in [5, 5.41) is 12.3. The van der Waals surface area contributed by atoms with Crippen LogP contribution >= 0.6 is 0 Å². The standard InChI is InChI=1S/C14H14FN5O/c1-3-19-13-12(9(2)17-19)16-18-20(14(13)21)8-10-5-4-6-11(15)7-10/h4-7H,3,8H2,1-2H3. The number of aromatic nitrogens is 5. The van der Waals surface area contributed by atoms with E-state index in [4.69, 9.17) is 0 Å². The highest BCUT2D eigenvalue weighted by molar-refractivity contribution is 5.75. The summed E-state index contributed by atoms with van der Waals surface area (Å²) >= 11 is 0. The molecule has 0 saturated heterocycles. The molecular weight excluding hydrogens is 273 g/mol. The molecule has 0 atom stereocenters. The van der Waals surface area contributed by atoms with Crippen LogP contribution in [-0.2, 0) is 13.1 Å². The van der Waals surface area contributed by atoms with Crippen molar-refractivity contribution in [1.29, 1.82) is 0 Å². The molecule has 6 nitrogen and oxygen atoms in total. The van der Waals surface area contributed by atoms with Gasteiger partial charge in [0.1, 0.15) is 11.3 Å². The molecule has 0 aliphatic carbocycles. The van der Waals surface area contributed by atoms with Crippen LogP contribution in [0.2, 0.25) is 0 Å². The predicted molar refractivity (Wildman–Crippen MR) is 75.5 cm³/mol. The summed E-state index contributed by atoms with van der Waals surface area (Å²) in [7, 11) is 0. The lowest BCUT2D eigenvalue weighted by Crippen LogP contribution is -2.26. The molecule has 3 rings (SSSR count). The van der Waals surface area contributed by atoms with Crippen molar-refractivity contribution < 1.29 is 4.39 Å². The third-order valence-corrected chi connectivity index (χ3v) is 3.31. The topological polar surface area (TPSA) is 65.6 Å². The SMILES string of the molecule is CCn1nc(C)c2nnn(Cc3cccc(F)c3)c(=O)c21. The van der Waals surface area contributed by atoms with Gasteiger partial charge >= 0.3 is 0 Å². The van der Waals surface area contributed by atoms with Gasteiger partial charge in [0.25, 0.3) is 5.56 Å². The van der Waals surface area contributed by atoms with Gasteiger partial charge in [-0.15, -0.1) is 5.10 Å². The van der Waals surface area contributed by atoms with Crippen LogP contribution in [0.15, 0.2) is 29.1 Å². The number of hydrogen-bond donors (Lipinski definition) is 0. The third-order valence-electron chi connectivity index (χ3n) is 3.31. The maximum absolute atomic E-state index is 13.2. The summed E-state index contributed by atoms with van der Waals surface area (Å²) in [6.07, 6.45) is 0. The van der Waals surface area contributed by atoms with E-state index in [1.807, 2.05) is 6.92 Å². The zero-order chi connectivity index (χ0) is 15.0. The minimum Gasteiger partial charge on any atom is -0.265 e. The molecular formula is C14H14FN5O. The number of fused-ring (bicyclic) bond motifs is 1. The van der Waals surface area contributed by atoms with Crippen LogP contribution in [0.25, 0.3) is 11.0 Å². The van der Waals surface area contributed by atoms with Gasteiger partial charge in [-0.05, 0) is 31.5 Å². The molecule has 0 aliphatic heterocycles. The zero-order valence-corrected chi connectivity index (χ0v) is 11.7. The van der Waals surface area contributed by atoms with E-state index in [1.54, 1.807) is 23.7 Å². The van der Waals surface area contributed by atoms with Gasteiger partial charge in [-0.25, -0.2) is 9.07 Å². The quantitative estimate of drug-likeness (QED) is 0.732. The molecule has 0 aliphatic rings. The highest BCUT2D eigenvalue weighted by Crippen LogP contribution is 2.11. The molecule has 0 bridgehead atoms. The molecule has 0 amide bonds. The Morgan fingerprint density at radius 3 is 2.81 bits per heavy atom. The highest BCUT2D eigenvalue weighted by Gasteiger charge is 2.14. The van der Waals surface area contributed by atoms with Crippen molar-refractivity contribution in [1.82, 2.24) is 24.8 Å². The van der Waals surface area contributed by atoms with Gasteiger partial charge < -0.3 is 0 Å². The number of aryl methyl sites for hydroxylation is 2. The Labute approximate surface area is 119 Å². The van der Waals surface area contributed by atoms with Gasteiger partial charge in [-0.2, -0.15) is 5.10 Å². The lowest BCUT2D eigenvalue weighted by atomic mass is 10.2. The Bertz CT molecular complexity index is 867. The minimum atomic E-state index is -0.343. The second-order valence-electron chi connectivity index (χ2n) is 4.78. The van der Waals surface area contributed by atoms with Gasteiger partial charge in [0.05, 0.1) is 12.2 Å². The molecule has 1 aromatic carbocycles. The van der Waals surface area contributed by atoms with Gasteiger partial charge in [-0.1, -0.05) is 17.3 Å². The molecule has 0 saturated carbocycles. The summed E-state index contributed by atoms with van der Waals surface area (Å²) in [6, 6.07) is 6.07. The van der Waals surface area contributed by atoms with Crippen LogP contribution in [0.4, 0.5) is 4.39 Å². The number of rotatable bonds is 3. The van der Waals surface area contributed by atoms with Crippen molar-refractivity contribution in [3.05, 3.63) is 51.7 Å². The van der Waals surface area contributed by atoms with Crippen molar-refractivity contribution in [3.63, 3.8) is 0 Å². The van der Waals surface area contributed by atoms with Crippen LogP contribution in [-0.4, -0.2) is 24.8 Å². The normalized spacial score (nSPS) is 11.2. The maximum Gasteiger partial charge on any atom is 0.296 e. The molecule has 0 unspecified atom stereocenters. The van der Waals surface area contributed by atoms with Crippen molar-refractivity contribution in [2.45, 2.75) is 26.9 Å². The molecule has 0 spiro atoms. The Hall–Kier alpha value is -2.57. The number of hydrogen-bond acceptors (Lipinski definition) is 4. The molecule has 0 N–H and O–H groups in total. The molecule has 2 heterocycles. The largest absolute Gasteiger partial charge is 0.296 e. The Balaban J connectivity index is 2.12. The molecule has 3 aromatic rings. The lowest BCUT2D eigenvalue weighted by molar-refractivity contribution is 0.584. The average Bonchev–Trinajstić information content (AvgIpc) is 2.79. The van der Waals surface area contributed by atoms with E-state index in [0.717, 1.165) is 0 Å². The van der Waals surface area contributed by atoms with E-state index >= 15 is 0 Å². The van der Waals surface area contributed by atoms with Crippen LogP contribution in [0.3, 0.4) is 0 Å². The fraction of sp³-hybridized carbons (Fsp3) is 0.286. The summed E-state index contributed by atoms with van der Waals surface area (Å²) in [6.45, 7) is 4.45. The van der Waals surface area contributed by atoms with Crippen molar-refractivity contribution in [3.8, 4) is 0 Å². The van der Waals surface area contributed by atoms with Crippen molar-refractivity contribution >= 4 is 11.0 Å². The third kappa shape index (κ3) is 2.31. The van der Waals surface area contributed by atoms with Gasteiger partial charge in [0.2, 0.25) is 0 Å². The molecule has 0 fully saturated rings. The van der Waals surface area contributed by atoms with E-state index in [0.29, 0.717) is 28.8 Å². The van der Waals surface area contributed by atoms with Crippen molar-refractivity contribution in [2.24, 2.45) is 0 Å². The van der Waals surface area contributed by atoms with E-state index in [2.05, 4.69) is 15.4 Å². The predicted octanol–water partition coefficient (Wildman–Crippen LogP) is 1.50. The summed E-state index contributed by atoms with van der Waals surface area (Å²) < 4.78 is 16.0. The lowest BCUT2D eigenvalue weighted by Gasteiger charge is -2.04. The maximum atomic E-state index is 13.2. The molecule has 21 heavy (non-hydrogen) atoms. The number of benzene rings is 1. The summed E-state index contributed by atoms with van der Waals surface area (Å²) in [5.74, 6) is -0.343. The molecule has 108 valence electrons. The van der Waals surface area contributed by atoms with Gasteiger partial charge in [0, 0.05) is 6.54 Å². The summed E-state index contributed by atoms with van der Waals surface area (Å²) in [4.78, 5) is 12.5. The molecule has 2 aromatic heterocycles. The van der Waals surface area contributed by atoms with E-state index < -0.39 is 0 Å². The van der Waals surface area contributed by atoms with Crippen LogP contribution in [0, 0.1) is 12.7 Å². The molecule has 7 heteroatoms. The second kappa shape index (κ2) is 5.08. The fourth-order valence-electron chi connectivity index (χ4n) is 2.31. The molecule has 0 radical (unpaired) electrons. The number of nitrogens with zero attached hydrogens (tertiary/aromatic N) is 5. The van der Waals surface area contributed by atoms with Crippen LogP contribution in [0.1, 0.15) is 18.2 Å². The Kier molecular flexibility index (Phi) is 3.25. The van der Waals surface area contributed by atoms with E-state index in [-0.39, 0.29) is 17.9 Å². The van der Waals surface area contributed by atoms with Gasteiger partial charge in [-0.3, -0.25) is 9.48 Å². The average molecular weight is 287 g/mol. The zero-order valence-electron chi connectivity index (χ0n) is 11.7. The summed E-state index contributed by atoms with van der Waals surface area (Å²) in [5.41, 5.74) is 2.00. The number of halogens is 1. The van der Waals surface area contributed by atoms with E-state index in [9.17, 15) is 9.18 Å². The monoisotopic (exact) mass is 287 g/mol. The van der Waals surface area contributed by atoms with Gasteiger partial charge in [0.15, 0.2) is 5.52 Å². The Morgan fingerprint density at radius 1 is 1.29 bits per heavy atom. The first-order valence-electron chi connectivity index (χ1n) is 6.65. The highest BCUT2D eigenvalue weighted by atomic mass is 19.1. The van der Waals surface area contributed by atoms with E-state index in [1.165, 1.54) is 16.8 Å². The first-order chi connectivity index (χ1) is 10.1. The Morgan fingerprint density at radius 2 is 2.10 bits per heavy atom. The second-order valence-corrected chi connectivity index (χ2v) is 4.78. The van der Waals surface area contributed by atoms with Crippen LogP contribution in [0.5, 0.6) is 0 Å². The first kappa shape index (κ1) is 13.4. The van der Waals surface area contributed by atoms with Crippen molar-refractivity contribution in [2.75, 3.05) is 0 Å². The smallest absolute Gasteiger partial charge is 0.265 e. The van der Waals surface area contributed by atoms with Crippen LogP contribution < -0.4 is 5.56 Å². The fourth-order valence-corrected chi connectivity index (χ4v) is 2.31. The first-order valence-corrected chi connectivity index (χ1v) is 6.65.